The second-order valence-corrected chi connectivity index (χ2v) is 7.17. The van der Waals surface area contributed by atoms with E-state index >= 15 is 0 Å². The van der Waals surface area contributed by atoms with Crippen LogP contribution in [0.3, 0.4) is 0 Å². The SMILES string of the molecule is CN(C)c1nc(C2CCCCN2C(=O)c2ccccc2F)cn2cccc12. The number of piperidine rings is 1. The minimum Gasteiger partial charge on any atom is -0.361 e. The van der Waals surface area contributed by atoms with Crippen LogP contribution in [-0.4, -0.2) is 40.8 Å². The Morgan fingerprint density at radius 1 is 1.19 bits per heavy atom. The van der Waals surface area contributed by atoms with Crippen molar-refractivity contribution in [2.24, 2.45) is 0 Å². The topological polar surface area (TPSA) is 40.9 Å². The van der Waals surface area contributed by atoms with Crippen LogP contribution in [0.4, 0.5) is 10.2 Å². The first kappa shape index (κ1) is 17.5. The number of carbonyl (C=O) groups is 1. The van der Waals surface area contributed by atoms with Crippen LogP contribution in [0, 0.1) is 5.82 Å². The molecular weight excluding hydrogens is 343 g/mol. The Balaban J connectivity index is 1.76. The first-order chi connectivity index (χ1) is 13.1. The minimum absolute atomic E-state index is 0.124. The van der Waals surface area contributed by atoms with Crippen molar-refractivity contribution in [3.05, 3.63) is 65.9 Å². The Labute approximate surface area is 158 Å². The van der Waals surface area contributed by atoms with Gasteiger partial charge in [0.15, 0.2) is 5.82 Å². The molecule has 1 unspecified atom stereocenters. The molecule has 27 heavy (non-hydrogen) atoms. The number of carbonyl (C=O) groups excluding carboxylic acids is 1. The molecular formula is C21H23FN4O. The summed E-state index contributed by atoms with van der Waals surface area (Å²) in [4.78, 5) is 21.7. The first-order valence-corrected chi connectivity index (χ1v) is 9.26. The van der Waals surface area contributed by atoms with Gasteiger partial charge in [-0.15, -0.1) is 0 Å². The number of amides is 1. The third-order valence-electron chi connectivity index (χ3n) is 5.15. The summed E-state index contributed by atoms with van der Waals surface area (Å²) in [5.74, 6) is 0.120. The molecule has 1 atom stereocenters. The van der Waals surface area contributed by atoms with Gasteiger partial charge in [0.25, 0.3) is 5.91 Å². The second-order valence-electron chi connectivity index (χ2n) is 7.17. The molecule has 140 valence electrons. The number of rotatable bonds is 3. The van der Waals surface area contributed by atoms with E-state index in [1.807, 2.05) is 47.9 Å². The van der Waals surface area contributed by atoms with E-state index in [0.717, 1.165) is 36.3 Å². The van der Waals surface area contributed by atoms with E-state index in [0.29, 0.717) is 6.54 Å². The van der Waals surface area contributed by atoms with E-state index in [2.05, 4.69) is 0 Å². The molecule has 1 aromatic carbocycles. The van der Waals surface area contributed by atoms with Crippen molar-refractivity contribution in [2.45, 2.75) is 25.3 Å². The van der Waals surface area contributed by atoms with Crippen molar-refractivity contribution >= 4 is 17.2 Å². The molecule has 0 aliphatic carbocycles. The maximum Gasteiger partial charge on any atom is 0.257 e. The van der Waals surface area contributed by atoms with Crippen LogP contribution in [0.15, 0.2) is 48.8 Å². The lowest BCUT2D eigenvalue weighted by Gasteiger charge is -2.36. The summed E-state index contributed by atoms with van der Waals surface area (Å²) in [6.45, 7) is 0.612. The monoisotopic (exact) mass is 366 g/mol. The quantitative estimate of drug-likeness (QED) is 0.706. The molecule has 0 bridgehead atoms. The van der Waals surface area contributed by atoms with E-state index in [1.165, 1.54) is 6.07 Å². The van der Waals surface area contributed by atoms with Crippen LogP contribution < -0.4 is 4.90 Å². The fourth-order valence-electron chi connectivity index (χ4n) is 3.81. The standard InChI is InChI=1S/C21H23FN4O/c1-24(2)20-19-11-7-12-25(19)14-17(23-20)18-10-5-6-13-26(18)21(27)15-8-3-4-9-16(15)22/h3-4,7-9,11-12,14,18H,5-6,10,13H2,1-2H3. The van der Waals surface area contributed by atoms with Crippen LogP contribution in [0.5, 0.6) is 0 Å². The number of nitrogens with zero attached hydrogens (tertiary/aromatic N) is 4. The Morgan fingerprint density at radius 3 is 2.78 bits per heavy atom. The van der Waals surface area contributed by atoms with Gasteiger partial charge >= 0.3 is 0 Å². The van der Waals surface area contributed by atoms with Gasteiger partial charge in [-0.25, -0.2) is 9.37 Å². The van der Waals surface area contributed by atoms with Gasteiger partial charge in [-0.3, -0.25) is 4.79 Å². The fraction of sp³-hybridized carbons (Fsp3) is 0.333. The maximum atomic E-state index is 14.2. The van der Waals surface area contributed by atoms with E-state index in [1.54, 1.807) is 23.1 Å². The predicted octanol–water partition coefficient (Wildman–Crippen LogP) is 3.91. The van der Waals surface area contributed by atoms with Crippen LogP contribution >= 0.6 is 0 Å². The summed E-state index contributed by atoms with van der Waals surface area (Å²) in [6, 6.07) is 10.0. The molecule has 5 nitrogen and oxygen atoms in total. The Hall–Kier alpha value is -2.89. The van der Waals surface area contributed by atoms with Gasteiger partial charge in [0.1, 0.15) is 5.82 Å². The first-order valence-electron chi connectivity index (χ1n) is 9.26. The van der Waals surface area contributed by atoms with Crippen molar-refractivity contribution < 1.29 is 9.18 Å². The number of hydrogen-bond donors (Lipinski definition) is 0. The molecule has 1 aliphatic heterocycles. The van der Waals surface area contributed by atoms with Crippen molar-refractivity contribution in [1.29, 1.82) is 0 Å². The van der Waals surface area contributed by atoms with E-state index in [9.17, 15) is 9.18 Å². The molecule has 1 fully saturated rings. The third kappa shape index (κ3) is 3.16. The molecule has 0 radical (unpaired) electrons. The van der Waals surface area contributed by atoms with Crippen molar-refractivity contribution in [3.8, 4) is 0 Å². The number of likely N-dealkylation sites (tertiary alicyclic amines) is 1. The van der Waals surface area contributed by atoms with Crippen molar-refractivity contribution in [1.82, 2.24) is 14.3 Å². The molecule has 0 N–H and O–H groups in total. The zero-order valence-corrected chi connectivity index (χ0v) is 15.6. The Bertz CT molecular complexity index is 981. The normalized spacial score (nSPS) is 17.3. The summed E-state index contributed by atoms with van der Waals surface area (Å²) in [5, 5.41) is 0. The van der Waals surface area contributed by atoms with Gasteiger partial charge in [0.2, 0.25) is 0 Å². The number of halogens is 1. The summed E-state index contributed by atoms with van der Waals surface area (Å²) in [7, 11) is 3.92. The van der Waals surface area contributed by atoms with Gasteiger partial charge < -0.3 is 14.2 Å². The zero-order chi connectivity index (χ0) is 19.0. The van der Waals surface area contributed by atoms with E-state index < -0.39 is 5.82 Å². The molecule has 1 amide bonds. The molecule has 2 aromatic heterocycles. The van der Waals surface area contributed by atoms with E-state index in [4.69, 9.17) is 4.98 Å². The third-order valence-corrected chi connectivity index (χ3v) is 5.15. The second kappa shape index (κ2) is 7.02. The van der Waals surface area contributed by atoms with Crippen LogP contribution in [0.2, 0.25) is 0 Å². The molecule has 6 heteroatoms. The lowest BCUT2D eigenvalue weighted by atomic mass is 9.98. The van der Waals surface area contributed by atoms with Gasteiger partial charge in [0.05, 0.1) is 22.8 Å². The largest absolute Gasteiger partial charge is 0.361 e. The maximum absolute atomic E-state index is 14.2. The number of hydrogen-bond acceptors (Lipinski definition) is 3. The molecule has 3 aromatic rings. The highest BCUT2D eigenvalue weighted by atomic mass is 19.1. The summed E-state index contributed by atoms with van der Waals surface area (Å²) in [5.41, 5.74) is 1.98. The summed E-state index contributed by atoms with van der Waals surface area (Å²) < 4.78 is 16.2. The Kier molecular flexibility index (Phi) is 4.56. The molecule has 3 heterocycles. The lowest BCUT2D eigenvalue weighted by molar-refractivity contribution is 0.0601. The van der Waals surface area contributed by atoms with Crippen molar-refractivity contribution in [3.63, 3.8) is 0 Å². The predicted molar refractivity (Wildman–Crippen MR) is 104 cm³/mol. The summed E-state index contributed by atoms with van der Waals surface area (Å²) >= 11 is 0. The number of anilines is 1. The van der Waals surface area contributed by atoms with Gasteiger partial charge in [-0.05, 0) is 43.5 Å². The summed E-state index contributed by atoms with van der Waals surface area (Å²) in [6.07, 6.45) is 6.74. The van der Waals surface area contributed by atoms with E-state index in [-0.39, 0.29) is 17.5 Å². The highest BCUT2D eigenvalue weighted by molar-refractivity contribution is 5.94. The molecule has 0 saturated carbocycles. The van der Waals surface area contributed by atoms with Gasteiger partial charge in [-0.1, -0.05) is 12.1 Å². The van der Waals surface area contributed by atoms with Crippen LogP contribution in [-0.2, 0) is 0 Å². The molecule has 1 aliphatic rings. The van der Waals surface area contributed by atoms with Crippen molar-refractivity contribution in [2.75, 3.05) is 25.5 Å². The molecule has 4 rings (SSSR count). The van der Waals surface area contributed by atoms with Gasteiger partial charge in [0, 0.05) is 33.0 Å². The molecule has 0 spiro atoms. The molecule has 1 saturated heterocycles. The lowest BCUT2D eigenvalue weighted by Crippen LogP contribution is -2.39. The average molecular weight is 366 g/mol. The highest BCUT2D eigenvalue weighted by Crippen LogP contribution is 2.33. The highest BCUT2D eigenvalue weighted by Gasteiger charge is 2.31. The Morgan fingerprint density at radius 2 is 2.00 bits per heavy atom. The fourth-order valence-corrected chi connectivity index (χ4v) is 3.81. The number of aromatic nitrogens is 2. The van der Waals surface area contributed by atoms with Gasteiger partial charge in [-0.2, -0.15) is 0 Å². The zero-order valence-electron chi connectivity index (χ0n) is 15.6. The van der Waals surface area contributed by atoms with Crippen LogP contribution in [0.1, 0.15) is 41.4 Å². The minimum atomic E-state index is -0.477. The average Bonchev–Trinajstić information content (AvgIpc) is 3.15. The number of fused-ring (bicyclic) bond motifs is 1. The van der Waals surface area contributed by atoms with Crippen LogP contribution in [0.25, 0.3) is 5.52 Å². The smallest absolute Gasteiger partial charge is 0.257 e. The number of benzene rings is 1.